The minimum absolute atomic E-state index is 0.188. The number of anilines is 1. The topological polar surface area (TPSA) is 72.7 Å². The highest BCUT2D eigenvalue weighted by atomic mass is 79.9. The first-order chi connectivity index (χ1) is 9.61. The number of carbonyl (C=O) groups is 1. The zero-order valence-corrected chi connectivity index (χ0v) is 12.1. The van der Waals surface area contributed by atoms with E-state index in [4.69, 9.17) is 0 Å². The van der Waals surface area contributed by atoms with Crippen molar-refractivity contribution in [2.75, 3.05) is 5.32 Å². The minimum atomic E-state index is -0.261. The summed E-state index contributed by atoms with van der Waals surface area (Å²) in [5.41, 5.74) is 0.548. The average Bonchev–Trinajstić information content (AvgIpc) is 2.83. The highest BCUT2D eigenvalue weighted by molar-refractivity contribution is 9.10. The fourth-order valence-electron chi connectivity index (χ4n) is 1.87. The van der Waals surface area contributed by atoms with E-state index in [1.165, 1.54) is 4.80 Å². The van der Waals surface area contributed by atoms with Gasteiger partial charge < -0.3 is 0 Å². The largest absolute Gasteiger partial charge is 0.288 e. The second-order valence-electron chi connectivity index (χ2n) is 4.26. The second-order valence-corrected chi connectivity index (χ2v) is 5.18. The van der Waals surface area contributed by atoms with Gasteiger partial charge in [0.05, 0.1) is 7.05 Å². The molecule has 1 aromatic heterocycles. The zero-order valence-electron chi connectivity index (χ0n) is 10.5. The molecule has 0 bridgehead atoms. The molecule has 0 spiro atoms. The third-order valence-corrected chi connectivity index (χ3v) is 3.29. The van der Waals surface area contributed by atoms with Crippen molar-refractivity contribution in [3.05, 3.63) is 46.4 Å². The van der Waals surface area contributed by atoms with E-state index in [1.807, 2.05) is 30.3 Å². The Labute approximate surface area is 122 Å². The highest BCUT2D eigenvalue weighted by Crippen LogP contribution is 2.21. The number of nitrogens with one attached hydrogen (secondary N) is 1. The van der Waals surface area contributed by atoms with Crippen LogP contribution in [-0.4, -0.2) is 26.1 Å². The summed E-state index contributed by atoms with van der Waals surface area (Å²) in [7, 11) is 1.64. The lowest BCUT2D eigenvalue weighted by atomic mass is 10.1. The number of hydrogen-bond donors (Lipinski definition) is 1. The maximum absolute atomic E-state index is 12.1. The van der Waals surface area contributed by atoms with Crippen molar-refractivity contribution in [3.8, 4) is 0 Å². The molecule has 1 heterocycles. The number of nitrogens with zero attached hydrogens (tertiary/aromatic N) is 4. The van der Waals surface area contributed by atoms with Crippen LogP contribution in [0.25, 0.3) is 10.8 Å². The summed E-state index contributed by atoms with van der Waals surface area (Å²) >= 11 is 3.42. The van der Waals surface area contributed by atoms with Gasteiger partial charge in [-0.25, -0.2) is 0 Å². The quantitative estimate of drug-likeness (QED) is 0.782. The standard InChI is InChI=1S/C13H10BrN5O/c1-19-17-13(16-18-19)15-12(20)10-3-2-9-7-11(14)5-4-8(9)6-10/h2-7H,1H3,(H,15,17,20). The number of aryl methyl sites for hydroxylation is 1. The number of amides is 1. The molecule has 100 valence electrons. The van der Waals surface area contributed by atoms with Crippen molar-refractivity contribution in [1.82, 2.24) is 20.2 Å². The van der Waals surface area contributed by atoms with Gasteiger partial charge in [-0.1, -0.05) is 33.2 Å². The van der Waals surface area contributed by atoms with Crippen molar-refractivity contribution in [1.29, 1.82) is 0 Å². The molecular weight excluding hydrogens is 322 g/mol. The fraction of sp³-hybridized carbons (Fsp3) is 0.0769. The lowest BCUT2D eigenvalue weighted by Gasteiger charge is -2.03. The van der Waals surface area contributed by atoms with E-state index in [1.54, 1.807) is 13.1 Å². The molecule has 0 atom stereocenters. The summed E-state index contributed by atoms with van der Waals surface area (Å²) in [6.45, 7) is 0. The van der Waals surface area contributed by atoms with Crippen molar-refractivity contribution in [2.45, 2.75) is 0 Å². The van der Waals surface area contributed by atoms with Crippen LogP contribution in [0.2, 0.25) is 0 Å². The first kappa shape index (κ1) is 12.7. The zero-order chi connectivity index (χ0) is 14.1. The second kappa shape index (κ2) is 5.01. The van der Waals surface area contributed by atoms with Crippen molar-refractivity contribution in [2.24, 2.45) is 7.05 Å². The molecule has 0 fully saturated rings. The van der Waals surface area contributed by atoms with Crippen molar-refractivity contribution < 1.29 is 4.79 Å². The van der Waals surface area contributed by atoms with Gasteiger partial charge >= 0.3 is 0 Å². The van der Waals surface area contributed by atoms with Gasteiger partial charge in [0.25, 0.3) is 11.9 Å². The van der Waals surface area contributed by atoms with Gasteiger partial charge in [-0.2, -0.15) is 4.80 Å². The molecule has 0 saturated carbocycles. The van der Waals surface area contributed by atoms with Gasteiger partial charge in [0.1, 0.15) is 0 Å². The maximum Gasteiger partial charge on any atom is 0.270 e. The Morgan fingerprint density at radius 3 is 2.70 bits per heavy atom. The van der Waals surface area contributed by atoms with Crippen LogP contribution < -0.4 is 5.32 Å². The van der Waals surface area contributed by atoms with Crippen LogP contribution in [0, 0.1) is 0 Å². The summed E-state index contributed by atoms with van der Waals surface area (Å²) in [6.07, 6.45) is 0. The first-order valence-electron chi connectivity index (χ1n) is 5.86. The van der Waals surface area contributed by atoms with Gasteiger partial charge in [0.15, 0.2) is 0 Å². The van der Waals surface area contributed by atoms with E-state index in [-0.39, 0.29) is 11.9 Å². The molecule has 1 N–H and O–H groups in total. The van der Waals surface area contributed by atoms with E-state index in [2.05, 4.69) is 36.7 Å². The number of tetrazole rings is 1. The number of benzene rings is 2. The molecule has 20 heavy (non-hydrogen) atoms. The Balaban J connectivity index is 1.89. The lowest BCUT2D eigenvalue weighted by Crippen LogP contribution is -2.13. The first-order valence-corrected chi connectivity index (χ1v) is 6.66. The number of aromatic nitrogens is 4. The molecule has 2 aromatic carbocycles. The molecule has 6 nitrogen and oxygen atoms in total. The summed E-state index contributed by atoms with van der Waals surface area (Å²) in [6, 6.07) is 11.4. The maximum atomic E-state index is 12.1. The Kier molecular flexibility index (Phi) is 3.19. The number of fused-ring (bicyclic) bond motifs is 1. The predicted molar refractivity (Wildman–Crippen MR) is 78.4 cm³/mol. The number of carbonyl (C=O) groups excluding carboxylic acids is 1. The van der Waals surface area contributed by atoms with E-state index in [9.17, 15) is 4.79 Å². The average molecular weight is 332 g/mol. The monoisotopic (exact) mass is 331 g/mol. The Hall–Kier alpha value is -2.28. The van der Waals surface area contributed by atoms with E-state index < -0.39 is 0 Å². The molecule has 1 amide bonds. The van der Waals surface area contributed by atoms with E-state index >= 15 is 0 Å². The number of rotatable bonds is 2. The van der Waals surface area contributed by atoms with Gasteiger partial charge in [-0.05, 0) is 40.3 Å². The van der Waals surface area contributed by atoms with Crippen LogP contribution in [0.5, 0.6) is 0 Å². The third kappa shape index (κ3) is 2.53. The smallest absolute Gasteiger partial charge is 0.270 e. The lowest BCUT2D eigenvalue weighted by molar-refractivity contribution is 0.102. The van der Waals surface area contributed by atoms with Crippen molar-refractivity contribution in [3.63, 3.8) is 0 Å². The third-order valence-electron chi connectivity index (χ3n) is 2.80. The summed E-state index contributed by atoms with van der Waals surface area (Å²) in [5.74, 6) is -0.0729. The van der Waals surface area contributed by atoms with E-state index in [0.717, 1.165) is 15.2 Å². The van der Waals surface area contributed by atoms with Crippen LogP contribution in [0.1, 0.15) is 10.4 Å². The normalized spacial score (nSPS) is 10.7. The van der Waals surface area contributed by atoms with Gasteiger partial charge in [-0.3, -0.25) is 10.1 Å². The molecule has 0 unspecified atom stereocenters. The van der Waals surface area contributed by atoms with Crippen LogP contribution in [-0.2, 0) is 7.05 Å². The molecule has 0 aliphatic heterocycles. The molecule has 7 heteroatoms. The number of hydrogen-bond acceptors (Lipinski definition) is 4. The Morgan fingerprint density at radius 2 is 1.95 bits per heavy atom. The Bertz CT molecular complexity index is 798. The molecular formula is C13H10BrN5O. The van der Waals surface area contributed by atoms with Crippen LogP contribution in [0.15, 0.2) is 40.9 Å². The molecule has 3 rings (SSSR count). The van der Waals surface area contributed by atoms with Crippen LogP contribution >= 0.6 is 15.9 Å². The predicted octanol–water partition coefficient (Wildman–Crippen LogP) is 2.38. The summed E-state index contributed by atoms with van der Waals surface area (Å²) in [5, 5.41) is 15.9. The number of halogens is 1. The minimum Gasteiger partial charge on any atom is -0.288 e. The summed E-state index contributed by atoms with van der Waals surface area (Å²) in [4.78, 5) is 13.4. The Morgan fingerprint density at radius 1 is 1.20 bits per heavy atom. The van der Waals surface area contributed by atoms with Crippen LogP contribution in [0.3, 0.4) is 0 Å². The van der Waals surface area contributed by atoms with Crippen LogP contribution in [0.4, 0.5) is 5.95 Å². The highest BCUT2D eigenvalue weighted by Gasteiger charge is 2.10. The molecule has 3 aromatic rings. The van der Waals surface area contributed by atoms with E-state index in [0.29, 0.717) is 5.56 Å². The molecule has 0 aliphatic carbocycles. The molecule has 0 aliphatic rings. The van der Waals surface area contributed by atoms with Gasteiger partial charge in [-0.15, -0.1) is 5.10 Å². The van der Waals surface area contributed by atoms with Crippen molar-refractivity contribution >= 4 is 38.6 Å². The SMILES string of the molecule is Cn1nnc(NC(=O)c2ccc3cc(Br)ccc3c2)n1. The molecule has 0 saturated heterocycles. The molecule has 0 radical (unpaired) electrons. The fourth-order valence-corrected chi connectivity index (χ4v) is 2.24. The van der Waals surface area contributed by atoms with Gasteiger partial charge in [0, 0.05) is 10.0 Å². The summed E-state index contributed by atoms with van der Waals surface area (Å²) < 4.78 is 1.01. The van der Waals surface area contributed by atoms with Gasteiger partial charge in [0.2, 0.25) is 0 Å².